The number of nitrogens with zero attached hydrogens (tertiary/aromatic N) is 6. The van der Waals surface area contributed by atoms with E-state index in [2.05, 4.69) is 20.1 Å². The van der Waals surface area contributed by atoms with Gasteiger partial charge in [-0.3, -0.25) is 4.79 Å². The number of amides is 1. The molecule has 7 nitrogen and oxygen atoms in total. The Hall–Kier alpha value is -2.09. The van der Waals surface area contributed by atoms with E-state index in [1.165, 1.54) is 11.8 Å². The average Bonchev–Trinajstić information content (AvgIpc) is 3.08. The molecule has 2 aromatic rings. The van der Waals surface area contributed by atoms with Crippen LogP contribution in [-0.2, 0) is 11.3 Å². The lowest BCUT2D eigenvalue weighted by atomic mass is 10.3. The summed E-state index contributed by atoms with van der Waals surface area (Å²) in [6.45, 7) is 5.95. The Morgan fingerprint density at radius 1 is 1.26 bits per heavy atom. The number of rotatable bonds is 5. The largest absolute Gasteiger partial charge is 0.353 e. The van der Waals surface area contributed by atoms with E-state index in [-0.39, 0.29) is 5.91 Å². The third kappa shape index (κ3) is 3.82. The van der Waals surface area contributed by atoms with E-state index in [0.717, 1.165) is 43.7 Å². The summed E-state index contributed by atoms with van der Waals surface area (Å²) in [6.07, 6.45) is 3.49. The normalized spacial score (nSPS) is 15.0. The summed E-state index contributed by atoms with van der Waals surface area (Å²) in [5.74, 6) is 1.54. The second-order valence-electron chi connectivity index (χ2n) is 5.24. The van der Waals surface area contributed by atoms with Crippen molar-refractivity contribution in [3.63, 3.8) is 0 Å². The fourth-order valence-electron chi connectivity index (χ4n) is 2.52. The number of aromatic nitrogens is 4. The van der Waals surface area contributed by atoms with Crippen molar-refractivity contribution in [1.29, 1.82) is 0 Å². The van der Waals surface area contributed by atoms with Gasteiger partial charge in [-0.2, -0.15) is 0 Å². The maximum Gasteiger partial charge on any atom is 0.233 e. The first-order chi connectivity index (χ1) is 11.3. The van der Waals surface area contributed by atoms with Crippen LogP contribution in [0.15, 0.2) is 35.9 Å². The highest BCUT2D eigenvalue weighted by Crippen LogP contribution is 2.17. The fraction of sp³-hybridized carbons (Fsp3) is 0.467. The molecule has 1 fully saturated rings. The summed E-state index contributed by atoms with van der Waals surface area (Å²) in [7, 11) is 0. The van der Waals surface area contributed by atoms with Crippen molar-refractivity contribution >= 4 is 23.5 Å². The van der Waals surface area contributed by atoms with Crippen molar-refractivity contribution in [2.75, 3.05) is 36.8 Å². The lowest BCUT2D eigenvalue weighted by Gasteiger charge is -2.35. The molecule has 0 atom stereocenters. The molecule has 0 aromatic carbocycles. The Labute approximate surface area is 139 Å². The fourth-order valence-corrected chi connectivity index (χ4v) is 3.40. The maximum absolute atomic E-state index is 12.3. The van der Waals surface area contributed by atoms with Gasteiger partial charge in [0, 0.05) is 38.9 Å². The van der Waals surface area contributed by atoms with Crippen molar-refractivity contribution in [3.05, 3.63) is 30.7 Å². The van der Waals surface area contributed by atoms with Crippen LogP contribution in [0.1, 0.15) is 6.92 Å². The minimum Gasteiger partial charge on any atom is -0.353 e. The third-order valence-electron chi connectivity index (χ3n) is 3.85. The zero-order chi connectivity index (χ0) is 16.1. The minimum atomic E-state index is 0.154. The third-order valence-corrected chi connectivity index (χ3v) is 4.82. The summed E-state index contributed by atoms with van der Waals surface area (Å²) in [5, 5.41) is 8.72. The van der Waals surface area contributed by atoms with Gasteiger partial charge in [-0.15, -0.1) is 10.2 Å². The number of pyridine rings is 1. The molecular formula is C15H20N6OS. The van der Waals surface area contributed by atoms with Gasteiger partial charge < -0.3 is 14.4 Å². The van der Waals surface area contributed by atoms with E-state index < -0.39 is 0 Å². The van der Waals surface area contributed by atoms with Crippen LogP contribution in [0.5, 0.6) is 0 Å². The number of aryl methyl sites for hydroxylation is 1. The van der Waals surface area contributed by atoms with E-state index in [0.29, 0.717) is 5.75 Å². The van der Waals surface area contributed by atoms with E-state index >= 15 is 0 Å². The smallest absolute Gasteiger partial charge is 0.233 e. The Bertz CT molecular complexity index is 638. The maximum atomic E-state index is 12.3. The molecule has 1 aliphatic rings. The summed E-state index contributed by atoms with van der Waals surface area (Å²) in [5.41, 5.74) is 0. The van der Waals surface area contributed by atoms with Gasteiger partial charge in [-0.25, -0.2) is 4.98 Å². The molecule has 2 aromatic heterocycles. The van der Waals surface area contributed by atoms with Gasteiger partial charge >= 0.3 is 0 Å². The number of thioether (sulfide) groups is 1. The molecule has 0 spiro atoms. The monoisotopic (exact) mass is 332 g/mol. The zero-order valence-electron chi connectivity index (χ0n) is 13.1. The molecule has 3 rings (SSSR count). The van der Waals surface area contributed by atoms with E-state index in [1.54, 1.807) is 12.5 Å². The van der Waals surface area contributed by atoms with Crippen LogP contribution >= 0.6 is 11.8 Å². The number of hydrogen-bond donors (Lipinski definition) is 0. The van der Waals surface area contributed by atoms with Crippen molar-refractivity contribution < 1.29 is 4.79 Å². The lowest BCUT2D eigenvalue weighted by Crippen LogP contribution is -2.49. The SMILES string of the molecule is CCn1cnnc1SCC(=O)N1CCN(c2ccccn2)CC1. The average molecular weight is 332 g/mol. The predicted molar refractivity (Wildman–Crippen MR) is 89.5 cm³/mol. The zero-order valence-corrected chi connectivity index (χ0v) is 13.9. The van der Waals surface area contributed by atoms with Gasteiger partial charge in [-0.05, 0) is 19.1 Å². The van der Waals surface area contributed by atoms with Crippen LogP contribution in [0, 0.1) is 0 Å². The Morgan fingerprint density at radius 2 is 2.09 bits per heavy atom. The Morgan fingerprint density at radius 3 is 2.78 bits per heavy atom. The molecule has 8 heteroatoms. The first-order valence-corrected chi connectivity index (χ1v) is 8.71. The molecule has 1 aliphatic heterocycles. The summed E-state index contributed by atoms with van der Waals surface area (Å²) in [6, 6.07) is 5.90. The highest BCUT2D eigenvalue weighted by atomic mass is 32.2. The summed E-state index contributed by atoms with van der Waals surface area (Å²) in [4.78, 5) is 20.8. The van der Waals surface area contributed by atoms with Crippen LogP contribution in [-0.4, -0.2) is 62.5 Å². The number of piperazine rings is 1. The van der Waals surface area contributed by atoms with Gasteiger partial charge in [0.05, 0.1) is 5.75 Å². The molecule has 0 saturated carbocycles. The molecule has 0 unspecified atom stereocenters. The van der Waals surface area contributed by atoms with E-state index in [9.17, 15) is 4.79 Å². The molecule has 0 radical (unpaired) electrons. The predicted octanol–water partition coefficient (Wildman–Crippen LogP) is 1.13. The molecule has 0 bridgehead atoms. The van der Waals surface area contributed by atoms with Gasteiger partial charge in [0.1, 0.15) is 12.1 Å². The van der Waals surface area contributed by atoms with Crippen molar-refractivity contribution in [1.82, 2.24) is 24.6 Å². The van der Waals surface area contributed by atoms with Crippen molar-refractivity contribution in [3.8, 4) is 0 Å². The van der Waals surface area contributed by atoms with Crippen LogP contribution in [0.2, 0.25) is 0 Å². The quantitative estimate of drug-likeness (QED) is 0.765. The van der Waals surface area contributed by atoms with E-state index in [1.807, 2.05) is 34.6 Å². The summed E-state index contributed by atoms with van der Waals surface area (Å²) >= 11 is 1.45. The number of anilines is 1. The number of carbonyl (C=O) groups excluding carboxylic acids is 1. The Balaban J connectivity index is 1.48. The Kier molecular flexibility index (Phi) is 5.12. The van der Waals surface area contributed by atoms with Crippen molar-refractivity contribution in [2.45, 2.75) is 18.6 Å². The molecule has 1 saturated heterocycles. The molecular weight excluding hydrogens is 312 g/mol. The van der Waals surface area contributed by atoms with Gasteiger partial charge in [-0.1, -0.05) is 17.8 Å². The van der Waals surface area contributed by atoms with Gasteiger partial charge in [0.2, 0.25) is 5.91 Å². The van der Waals surface area contributed by atoms with Gasteiger partial charge in [0.25, 0.3) is 0 Å². The molecule has 0 N–H and O–H groups in total. The molecule has 122 valence electrons. The second-order valence-corrected chi connectivity index (χ2v) is 6.19. The minimum absolute atomic E-state index is 0.154. The molecule has 1 amide bonds. The first kappa shape index (κ1) is 15.8. The van der Waals surface area contributed by atoms with Crippen LogP contribution in [0.25, 0.3) is 0 Å². The molecule has 23 heavy (non-hydrogen) atoms. The molecule has 3 heterocycles. The lowest BCUT2D eigenvalue weighted by molar-refractivity contribution is -0.128. The highest BCUT2D eigenvalue weighted by molar-refractivity contribution is 7.99. The number of carbonyl (C=O) groups is 1. The van der Waals surface area contributed by atoms with Crippen LogP contribution in [0.3, 0.4) is 0 Å². The molecule has 0 aliphatic carbocycles. The first-order valence-electron chi connectivity index (χ1n) is 7.72. The number of hydrogen-bond acceptors (Lipinski definition) is 6. The van der Waals surface area contributed by atoms with Gasteiger partial charge in [0.15, 0.2) is 5.16 Å². The summed E-state index contributed by atoms with van der Waals surface area (Å²) < 4.78 is 1.94. The standard InChI is InChI=1S/C15H20N6OS/c1-2-19-12-17-18-15(19)23-11-14(22)21-9-7-20(8-10-21)13-5-3-4-6-16-13/h3-6,12H,2,7-11H2,1H3. The van der Waals surface area contributed by atoms with E-state index in [4.69, 9.17) is 0 Å². The van der Waals surface area contributed by atoms with Crippen LogP contribution < -0.4 is 4.90 Å². The highest BCUT2D eigenvalue weighted by Gasteiger charge is 2.22. The van der Waals surface area contributed by atoms with Crippen LogP contribution in [0.4, 0.5) is 5.82 Å². The van der Waals surface area contributed by atoms with Crippen molar-refractivity contribution in [2.24, 2.45) is 0 Å². The second kappa shape index (κ2) is 7.45. The topological polar surface area (TPSA) is 67.2 Å².